The van der Waals surface area contributed by atoms with E-state index in [0.29, 0.717) is 6.54 Å². The van der Waals surface area contributed by atoms with E-state index in [-0.39, 0.29) is 28.2 Å². The lowest BCUT2D eigenvalue weighted by Crippen LogP contribution is -2.51. The van der Waals surface area contributed by atoms with Gasteiger partial charge in [-0.15, -0.1) is 0 Å². The topological polar surface area (TPSA) is 86.8 Å². The lowest BCUT2D eigenvalue weighted by atomic mass is 10.1. The molecule has 7 nitrogen and oxygen atoms in total. The predicted octanol–water partition coefficient (Wildman–Crippen LogP) is 4.08. The molecule has 2 amide bonds. The first kappa shape index (κ1) is 26.4. The number of carbonyl (C=O) groups excluding carboxylic acids is 2. The second-order valence-corrected chi connectivity index (χ2v) is 10.7. The third-order valence-electron chi connectivity index (χ3n) is 4.65. The van der Waals surface area contributed by atoms with Crippen molar-refractivity contribution < 1.29 is 18.0 Å². The molecule has 1 N–H and O–H groups in total. The Hall–Kier alpha value is -1.81. The number of benzene rings is 2. The van der Waals surface area contributed by atoms with Gasteiger partial charge in [-0.25, -0.2) is 8.42 Å². The summed E-state index contributed by atoms with van der Waals surface area (Å²) in [5.41, 5.74) is 0.989. The second kappa shape index (κ2) is 11.4. The standard InChI is InChI=1S/C21H24BrCl2N3O4S/c1-4-25-21(29)14(2)26(12-15-5-7-16(22)8-6-15)20(28)13-27(32(3,30)31)17-9-10-18(23)19(24)11-17/h5-11,14H,4,12-13H2,1-3H3,(H,25,29)/t14-/m0/s1. The lowest BCUT2D eigenvalue weighted by molar-refractivity contribution is -0.139. The molecule has 0 unspecified atom stereocenters. The highest BCUT2D eigenvalue weighted by Crippen LogP contribution is 2.28. The van der Waals surface area contributed by atoms with E-state index in [2.05, 4.69) is 21.2 Å². The molecule has 0 fully saturated rings. The number of hydrogen-bond acceptors (Lipinski definition) is 4. The second-order valence-electron chi connectivity index (χ2n) is 7.09. The molecule has 0 aliphatic heterocycles. The molecule has 2 aromatic carbocycles. The van der Waals surface area contributed by atoms with Crippen molar-refractivity contribution in [3.63, 3.8) is 0 Å². The predicted molar refractivity (Wildman–Crippen MR) is 131 cm³/mol. The zero-order valence-corrected chi connectivity index (χ0v) is 21.7. The van der Waals surface area contributed by atoms with Crippen LogP contribution in [0.15, 0.2) is 46.9 Å². The average Bonchev–Trinajstić information content (AvgIpc) is 2.72. The van der Waals surface area contributed by atoms with E-state index < -0.39 is 28.5 Å². The highest BCUT2D eigenvalue weighted by atomic mass is 79.9. The largest absolute Gasteiger partial charge is 0.355 e. The maximum atomic E-state index is 13.3. The van der Waals surface area contributed by atoms with Crippen molar-refractivity contribution in [3.05, 3.63) is 62.5 Å². The number of anilines is 1. The Morgan fingerprint density at radius 2 is 1.72 bits per heavy atom. The summed E-state index contributed by atoms with van der Waals surface area (Å²) < 4.78 is 26.8. The molecule has 0 saturated carbocycles. The molecule has 11 heteroatoms. The van der Waals surface area contributed by atoms with Gasteiger partial charge in [0.1, 0.15) is 12.6 Å². The maximum absolute atomic E-state index is 13.3. The molecule has 0 aliphatic rings. The molecular formula is C21H24BrCl2N3O4S. The molecule has 0 aliphatic carbocycles. The fourth-order valence-electron chi connectivity index (χ4n) is 2.94. The van der Waals surface area contributed by atoms with Crippen LogP contribution in [-0.2, 0) is 26.2 Å². The van der Waals surface area contributed by atoms with Crippen LogP contribution < -0.4 is 9.62 Å². The van der Waals surface area contributed by atoms with Crippen LogP contribution in [0, 0.1) is 0 Å². The number of rotatable bonds is 9. The van der Waals surface area contributed by atoms with Crippen LogP contribution >= 0.6 is 39.1 Å². The Morgan fingerprint density at radius 1 is 1.09 bits per heavy atom. The summed E-state index contributed by atoms with van der Waals surface area (Å²) in [5.74, 6) is -0.874. The zero-order valence-electron chi connectivity index (χ0n) is 17.8. The van der Waals surface area contributed by atoms with Gasteiger partial charge in [0, 0.05) is 17.6 Å². The molecule has 2 aromatic rings. The zero-order chi connectivity index (χ0) is 24.1. The van der Waals surface area contributed by atoms with Gasteiger partial charge >= 0.3 is 0 Å². The van der Waals surface area contributed by atoms with Gasteiger partial charge < -0.3 is 10.2 Å². The monoisotopic (exact) mass is 563 g/mol. The fraction of sp³-hybridized carbons (Fsp3) is 0.333. The van der Waals surface area contributed by atoms with Crippen LogP contribution in [0.3, 0.4) is 0 Å². The average molecular weight is 565 g/mol. The highest BCUT2D eigenvalue weighted by Gasteiger charge is 2.30. The Labute approximate surface area is 206 Å². The van der Waals surface area contributed by atoms with Gasteiger partial charge in [-0.1, -0.05) is 51.3 Å². The molecular weight excluding hydrogens is 541 g/mol. The van der Waals surface area contributed by atoms with Gasteiger partial charge in [0.05, 0.1) is 22.0 Å². The van der Waals surface area contributed by atoms with E-state index in [9.17, 15) is 18.0 Å². The van der Waals surface area contributed by atoms with Gasteiger partial charge in [-0.05, 0) is 49.7 Å². The van der Waals surface area contributed by atoms with Crippen LogP contribution in [0.25, 0.3) is 0 Å². The van der Waals surface area contributed by atoms with Crippen LogP contribution in [0.1, 0.15) is 19.4 Å². The summed E-state index contributed by atoms with van der Waals surface area (Å²) in [6, 6.07) is 10.8. The fourth-order valence-corrected chi connectivity index (χ4v) is 4.34. The Kier molecular flexibility index (Phi) is 9.39. The number of halogens is 3. The first-order valence-electron chi connectivity index (χ1n) is 9.68. The van der Waals surface area contributed by atoms with Crippen molar-refractivity contribution >= 4 is 66.7 Å². The van der Waals surface area contributed by atoms with Gasteiger partial charge in [-0.3, -0.25) is 13.9 Å². The van der Waals surface area contributed by atoms with E-state index in [4.69, 9.17) is 23.2 Å². The third-order valence-corrected chi connectivity index (χ3v) is 7.06. The molecule has 1 atom stereocenters. The van der Waals surface area contributed by atoms with Crippen molar-refractivity contribution in [3.8, 4) is 0 Å². The summed E-state index contributed by atoms with van der Waals surface area (Å²) in [6.45, 7) is 3.41. The third kappa shape index (κ3) is 7.10. The molecule has 32 heavy (non-hydrogen) atoms. The van der Waals surface area contributed by atoms with Gasteiger partial charge in [0.2, 0.25) is 21.8 Å². The first-order chi connectivity index (χ1) is 14.9. The maximum Gasteiger partial charge on any atom is 0.244 e. The normalized spacial score (nSPS) is 12.2. The first-order valence-corrected chi connectivity index (χ1v) is 13.1. The van der Waals surface area contributed by atoms with Crippen molar-refractivity contribution in [1.82, 2.24) is 10.2 Å². The Bertz CT molecular complexity index is 1080. The molecule has 0 saturated heterocycles. The smallest absolute Gasteiger partial charge is 0.244 e. The number of likely N-dealkylation sites (N-methyl/N-ethyl adjacent to an activating group) is 1. The van der Waals surface area contributed by atoms with Crippen LogP contribution in [0.2, 0.25) is 10.0 Å². The molecule has 0 aromatic heterocycles. The van der Waals surface area contributed by atoms with E-state index in [1.807, 2.05) is 24.3 Å². The summed E-state index contributed by atoms with van der Waals surface area (Å²) in [7, 11) is -3.83. The van der Waals surface area contributed by atoms with Crippen LogP contribution in [-0.4, -0.2) is 50.5 Å². The van der Waals surface area contributed by atoms with E-state index in [1.165, 1.54) is 23.1 Å². The number of sulfonamides is 1. The Balaban J connectivity index is 2.39. The number of amides is 2. The molecule has 0 bridgehead atoms. The number of nitrogens with zero attached hydrogens (tertiary/aromatic N) is 2. The lowest BCUT2D eigenvalue weighted by Gasteiger charge is -2.31. The highest BCUT2D eigenvalue weighted by molar-refractivity contribution is 9.10. The molecule has 0 heterocycles. The summed E-state index contributed by atoms with van der Waals surface area (Å²) >= 11 is 15.4. The van der Waals surface area contributed by atoms with Crippen molar-refractivity contribution in [2.45, 2.75) is 26.4 Å². The van der Waals surface area contributed by atoms with Crippen LogP contribution in [0.4, 0.5) is 5.69 Å². The SMILES string of the molecule is CCNC(=O)[C@H](C)N(Cc1ccc(Br)cc1)C(=O)CN(c1ccc(Cl)c(Cl)c1)S(C)(=O)=O. The van der Waals surface area contributed by atoms with Crippen molar-refractivity contribution in [1.29, 1.82) is 0 Å². The Morgan fingerprint density at radius 3 is 2.25 bits per heavy atom. The van der Waals surface area contributed by atoms with Crippen molar-refractivity contribution in [2.24, 2.45) is 0 Å². The van der Waals surface area contributed by atoms with E-state index >= 15 is 0 Å². The summed E-state index contributed by atoms with van der Waals surface area (Å²) in [6.07, 6.45) is 0.995. The molecule has 174 valence electrons. The van der Waals surface area contributed by atoms with E-state index in [0.717, 1.165) is 20.6 Å². The van der Waals surface area contributed by atoms with Gasteiger partial charge in [-0.2, -0.15) is 0 Å². The van der Waals surface area contributed by atoms with Gasteiger partial charge in [0.25, 0.3) is 0 Å². The van der Waals surface area contributed by atoms with Crippen molar-refractivity contribution in [2.75, 3.05) is 23.7 Å². The minimum absolute atomic E-state index is 0.128. The minimum atomic E-state index is -3.83. The molecule has 2 rings (SSSR count). The number of carbonyl (C=O) groups is 2. The minimum Gasteiger partial charge on any atom is -0.355 e. The molecule has 0 radical (unpaired) electrons. The molecule has 0 spiro atoms. The summed E-state index contributed by atoms with van der Waals surface area (Å²) in [4.78, 5) is 27.2. The number of nitrogens with one attached hydrogen (secondary N) is 1. The van der Waals surface area contributed by atoms with Gasteiger partial charge in [0.15, 0.2) is 0 Å². The van der Waals surface area contributed by atoms with Crippen LogP contribution in [0.5, 0.6) is 0 Å². The van der Waals surface area contributed by atoms with E-state index in [1.54, 1.807) is 13.8 Å². The summed E-state index contributed by atoms with van der Waals surface area (Å²) in [5, 5.41) is 3.12. The number of hydrogen-bond donors (Lipinski definition) is 1. The quantitative estimate of drug-likeness (QED) is 0.497.